The van der Waals surface area contributed by atoms with Gasteiger partial charge < -0.3 is 14.0 Å². The molecule has 0 saturated carbocycles. The lowest BCUT2D eigenvalue weighted by molar-refractivity contribution is 0.0637. The molecule has 29 heavy (non-hydrogen) atoms. The largest absolute Gasteiger partial charge is 0.496 e. The molecule has 7 heteroatoms. The molecular formula is C22H24BrN3O3. The molecule has 1 aliphatic heterocycles. The number of ether oxygens (including phenoxy) is 2. The lowest BCUT2D eigenvalue weighted by Gasteiger charge is -2.24. The van der Waals surface area contributed by atoms with Gasteiger partial charge in [-0.3, -0.25) is 4.90 Å². The highest BCUT2D eigenvalue weighted by Gasteiger charge is 2.22. The first kappa shape index (κ1) is 20.1. The molecule has 1 saturated heterocycles. The van der Waals surface area contributed by atoms with Crippen molar-refractivity contribution in [3.63, 3.8) is 0 Å². The summed E-state index contributed by atoms with van der Waals surface area (Å²) in [5.74, 6) is 2.06. The number of hydrogen-bond acceptors (Lipinski definition) is 6. The quantitative estimate of drug-likeness (QED) is 0.488. The normalized spacial score (nSPS) is 16.4. The number of para-hydroxylation sites is 1. The molecule has 0 aliphatic carbocycles. The predicted molar refractivity (Wildman–Crippen MR) is 114 cm³/mol. The summed E-state index contributed by atoms with van der Waals surface area (Å²) in [6, 6.07) is 16.0. The van der Waals surface area contributed by atoms with Crippen LogP contribution in [0.25, 0.3) is 11.4 Å². The Morgan fingerprint density at radius 2 is 2.07 bits per heavy atom. The number of benzene rings is 2. The molecule has 4 rings (SSSR count). The van der Waals surface area contributed by atoms with Crippen LogP contribution in [0.15, 0.2) is 57.5 Å². The number of nitrogens with zero attached hydrogens (tertiary/aromatic N) is 3. The highest BCUT2D eigenvalue weighted by atomic mass is 79.9. The topological polar surface area (TPSA) is 60.6 Å². The van der Waals surface area contributed by atoms with Gasteiger partial charge in [0.1, 0.15) is 5.75 Å². The second-order valence-corrected chi connectivity index (χ2v) is 8.05. The van der Waals surface area contributed by atoms with E-state index in [1.165, 1.54) is 0 Å². The molecule has 6 nitrogen and oxygen atoms in total. The Hall–Kier alpha value is -2.22. The maximum Gasteiger partial charge on any atom is 0.241 e. The van der Waals surface area contributed by atoms with Crippen LogP contribution in [-0.4, -0.2) is 41.4 Å². The average molecular weight is 458 g/mol. The summed E-state index contributed by atoms with van der Waals surface area (Å²) in [4.78, 5) is 6.89. The van der Waals surface area contributed by atoms with E-state index in [4.69, 9.17) is 14.0 Å². The summed E-state index contributed by atoms with van der Waals surface area (Å²) in [5, 5.41) is 4.16. The van der Waals surface area contributed by atoms with E-state index in [0.717, 1.165) is 53.9 Å². The summed E-state index contributed by atoms with van der Waals surface area (Å²) in [6.45, 7) is 2.92. The van der Waals surface area contributed by atoms with E-state index in [1.54, 1.807) is 7.11 Å². The zero-order valence-corrected chi connectivity index (χ0v) is 18.0. The van der Waals surface area contributed by atoms with Crippen LogP contribution in [0.5, 0.6) is 5.75 Å². The van der Waals surface area contributed by atoms with Gasteiger partial charge in [-0.15, -0.1) is 0 Å². The van der Waals surface area contributed by atoms with Crippen LogP contribution >= 0.6 is 15.9 Å². The minimum Gasteiger partial charge on any atom is -0.496 e. The Bertz CT molecular complexity index is 940. The molecule has 1 fully saturated rings. The van der Waals surface area contributed by atoms with E-state index in [2.05, 4.69) is 37.0 Å². The maximum absolute atomic E-state index is 5.86. The lowest BCUT2D eigenvalue weighted by atomic mass is 10.1. The smallest absolute Gasteiger partial charge is 0.241 e. The molecule has 2 aromatic carbocycles. The van der Waals surface area contributed by atoms with Crippen LogP contribution in [0.3, 0.4) is 0 Å². The summed E-state index contributed by atoms with van der Waals surface area (Å²) in [5.41, 5.74) is 2.05. The fourth-order valence-electron chi connectivity index (χ4n) is 3.59. The van der Waals surface area contributed by atoms with Gasteiger partial charge in [0, 0.05) is 35.3 Å². The minimum atomic E-state index is 0.233. The molecule has 0 N–H and O–H groups in total. The van der Waals surface area contributed by atoms with E-state index in [-0.39, 0.29) is 6.10 Å². The van der Waals surface area contributed by atoms with Crippen molar-refractivity contribution in [2.45, 2.75) is 32.0 Å². The predicted octanol–water partition coefficient (Wildman–Crippen LogP) is 4.69. The fourth-order valence-corrected chi connectivity index (χ4v) is 3.99. The molecule has 0 amide bonds. The van der Waals surface area contributed by atoms with Crippen molar-refractivity contribution in [3.8, 4) is 17.1 Å². The van der Waals surface area contributed by atoms with Gasteiger partial charge in [-0.25, -0.2) is 0 Å². The highest BCUT2D eigenvalue weighted by molar-refractivity contribution is 9.10. The molecule has 3 aromatic rings. The second-order valence-electron chi connectivity index (χ2n) is 7.14. The minimum absolute atomic E-state index is 0.233. The standard InChI is InChI=1S/C22H24BrN3O3/c1-27-20-10-3-2-6-17(20)13-26(14-19-9-5-11-28-19)15-21-24-22(25-29-21)16-7-4-8-18(23)12-16/h2-4,6-8,10,12,19H,5,9,11,13-15H2,1H3. The zero-order chi connectivity index (χ0) is 20.1. The monoisotopic (exact) mass is 457 g/mol. The summed E-state index contributed by atoms with van der Waals surface area (Å²) in [7, 11) is 1.70. The molecule has 1 aliphatic rings. The van der Waals surface area contributed by atoms with Crippen LogP contribution < -0.4 is 4.74 Å². The van der Waals surface area contributed by atoms with Crippen molar-refractivity contribution in [2.24, 2.45) is 0 Å². The van der Waals surface area contributed by atoms with Crippen LogP contribution in [0, 0.1) is 0 Å². The molecule has 1 atom stereocenters. The molecule has 0 bridgehead atoms. The molecule has 152 valence electrons. The van der Waals surface area contributed by atoms with Gasteiger partial charge in [-0.2, -0.15) is 4.98 Å². The average Bonchev–Trinajstić information content (AvgIpc) is 3.41. The number of halogens is 1. The molecule has 1 unspecified atom stereocenters. The maximum atomic E-state index is 5.86. The summed E-state index contributed by atoms with van der Waals surface area (Å²) < 4.78 is 17.9. The molecule has 0 radical (unpaired) electrons. The van der Waals surface area contributed by atoms with Gasteiger partial charge in [0.15, 0.2) is 0 Å². The third kappa shape index (κ3) is 5.23. The van der Waals surface area contributed by atoms with Crippen molar-refractivity contribution in [1.82, 2.24) is 15.0 Å². The van der Waals surface area contributed by atoms with Crippen LogP contribution in [0.4, 0.5) is 0 Å². The van der Waals surface area contributed by atoms with Crippen molar-refractivity contribution in [2.75, 3.05) is 20.3 Å². The summed E-state index contributed by atoms with van der Waals surface area (Å²) in [6.07, 6.45) is 2.42. The Labute approximate surface area is 178 Å². The van der Waals surface area contributed by atoms with Gasteiger partial charge in [0.25, 0.3) is 0 Å². The Balaban J connectivity index is 1.52. The fraction of sp³-hybridized carbons (Fsp3) is 0.364. The van der Waals surface area contributed by atoms with Crippen molar-refractivity contribution < 1.29 is 14.0 Å². The third-order valence-corrected chi connectivity index (χ3v) is 5.48. The number of methoxy groups -OCH3 is 1. The molecule has 0 spiro atoms. The van der Waals surface area contributed by atoms with Crippen molar-refractivity contribution in [3.05, 3.63) is 64.5 Å². The highest BCUT2D eigenvalue weighted by Crippen LogP contribution is 2.24. The SMILES string of the molecule is COc1ccccc1CN(Cc1nc(-c2cccc(Br)c2)no1)CC1CCCO1. The lowest BCUT2D eigenvalue weighted by Crippen LogP contribution is -2.31. The van der Waals surface area contributed by atoms with Gasteiger partial charge in [0.2, 0.25) is 11.7 Å². The van der Waals surface area contributed by atoms with E-state index in [0.29, 0.717) is 18.3 Å². The molecule has 2 heterocycles. The van der Waals surface area contributed by atoms with Gasteiger partial charge >= 0.3 is 0 Å². The van der Waals surface area contributed by atoms with Crippen LogP contribution in [0.2, 0.25) is 0 Å². The Kier molecular flexibility index (Phi) is 6.59. The van der Waals surface area contributed by atoms with Gasteiger partial charge in [0.05, 0.1) is 19.8 Å². The Morgan fingerprint density at radius 3 is 2.86 bits per heavy atom. The summed E-state index contributed by atoms with van der Waals surface area (Å²) >= 11 is 3.49. The first-order valence-electron chi connectivity index (χ1n) is 9.75. The number of hydrogen-bond donors (Lipinski definition) is 0. The Morgan fingerprint density at radius 1 is 1.17 bits per heavy atom. The van der Waals surface area contributed by atoms with E-state index in [9.17, 15) is 0 Å². The van der Waals surface area contributed by atoms with Gasteiger partial charge in [-0.1, -0.05) is 51.4 Å². The number of rotatable bonds is 8. The number of aromatic nitrogens is 2. The second kappa shape index (κ2) is 9.52. The first-order chi connectivity index (χ1) is 14.2. The van der Waals surface area contributed by atoms with Crippen LogP contribution in [0.1, 0.15) is 24.3 Å². The van der Waals surface area contributed by atoms with E-state index < -0.39 is 0 Å². The van der Waals surface area contributed by atoms with E-state index in [1.807, 2.05) is 42.5 Å². The van der Waals surface area contributed by atoms with Crippen molar-refractivity contribution in [1.29, 1.82) is 0 Å². The van der Waals surface area contributed by atoms with Crippen LogP contribution in [-0.2, 0) is 17.8 Å². The first-order valence-corrected chi connectivity index (χ1v) is 10.5. The molecular weight excluding hydrogens is 434 g/mol. The van der Waals surface area contributed by atoms with Gasteiger partial charge in [-0.05, 0) is 31.0 Å². The third-order valence-electron chi connectivity index (χ3n) is 4.98. The zero-order valence-electron chi connectivity index (χ0n) is 16.4. The van der Waals surface area contributed by atoms with Crippen molar-refractivity contribution >= 4 is 15.9 Å². The van der Waals surface area contributed by atoms with E-state index >= 15 is 0 Å². The molecule has 1 aromatic heterocycles.